The van der Waals surface area contributed by atoms with Gasteiger partial charge in [-0.3, -0.25) is 0 Å². The molecular weight excluding hydrogens is 120 g/mol. The minimum atomic E-state index is 0.250. The molecule has 0 aromatic heterocycles. The molecule has 1 unspecified atom stereocenters. The van der Waals surface area contributed by atoms with Crippen molar-refractivity contribution in [1.82, 2.24) is 0 Å². The van der Waals surface area contributed by atoms with Gasteiger partial charge in [0.25, 0.3) is 0 Å². The zero-order valence-corrected chi connectivity index (χ0v) is 5.65. The highest BCUT2D eigenvalue weighted by Crippen LogP contribution is 2.17. The molecular formula is C7H9Cl. The average Bonchev–Trinajstić information content (AvgIpc) is 1.77. The molecule has 8 heavy (non-hydrogen) atoms. The van der Waals surface area contributed by atoms with Crippen LogP contribution in [0.2, 0.25) is 0 Å². The predicted molar refractivity (Wildman–Crippen MR) is 37.2 cm³/mol. The number of allylic oxidation sites excluding steroid dienone is 4. The van der Waals surface area contributed by atoms with Gasteiger partial charge in [-0.05, 0) is 13.3 Å². The standard InChI is InChI=1S/C7H9Cl/c1-6-4-2-3-5-7(6)8/h2-4,7H,5H2,1H3. The van der Waals surface area contributed by atoms with E-state index in [4.69, 9.17) is 11.6 Å². The molecule has 0 saturated carbocycles. The van der Waals surface area contributed by atoms with E-state index in [1.807, 2.05) is 6.08 Å². The van der Waals surface area contributed by atoms with Crippen LogP contribution in [0.1, 0.15) is 13.3 Å². The Kier molecular flexibility index (Phi) is 1.74. The highest BCUT2D eigenvalue weighted by Gasteiger charge is 2.05. The summed E-state index contributed by atoms with van der Waals surface area (Å²) in [6.45, 7) is 2.06. The topological polar surface area (TPSA) is 0 Å². The van der Waals surface area contributed by atoms with E-state index in [1.54, 1.807) is 0 Å². The summed E-state index contributed by atoms with van der Waals surface area (Å²) >= 11 is 5.85. The van der Waals surface area contributed by atoms with Crippen LogP contribution in [0.4, 0.5) is 0 Å². The molecule has 0 spiro atoms. The van der Waals surface area contributed by atoms with Crippen molar-refractivity contribution in [3.8, 4) is 0 Å². The van der Waals surface area contributed by atoms with Crippen molar-refractivity contribution in [2.45, 2.75) is 18.7 Å². The van der Waals surface area contributed by atoms with E-state index in [0.717, 1.165) is 6.42 Å². The van der Waals surface area contributed by atoms with Crippen LogP contribution < -0.4 is 0 Å². The maximum absolute atomic E-state index is 5.85. The van der Waals surface area contributed by atoms with Crippen LogP contribution in [0.25, 0.3) is 0 Å². The van der Waals surface area contributed by atoms with E-state index >= 15 is 0 Å². The van der Waals surface area contributed by atoms with Crippen LogP contribution >= 0.6 is 11.6 Å². The lowest BCUT2D eigenvalue weighted by Gasteiger charge is -2.08. The average molecular weight is 129 g/mol. The van der Waals surface area contributed by atoms with Gasteiger partial charge in [0, 0.05) is 0 Å². The summed E-state index contributed by atoms with van der Waals surface area (Å²) in [6.07, 6.45) is 7.18. The molecule has 0 aliphatic heterocycles. The molecule has 1 aliphatic rings. The zero-order chi connectivity index (χ0) is 5.98. The summed E-state index contributed by atoms with van der Waals surface area (Å²) in [5, 5.41) is 0.250. The Labute approximate surface area is 54.8 Å². The molecule has 44 valence electrons. The predicted octanol–water partition coefficient (Wildman–Crippen LogP) is 2.50. The Morgan fingerprint density at radius 1 is 1.75 bits per heavy atom. The number of rotatable bonds is 0. The van der Waals surface area contributed by atoms with Gasteiger partial charge in [-0.15, -0.1) is 11.6 Å². The molecule has 0 radical (unpaired) electrons. The Morgan fingerprint density at radius 3 is 2.88 bits per heavy atom. The third kappa shape index (κ3) is 1.13. The van der Waals surface area contributed by atoms with Crippen molar-refractivity contribution in [3.63, 3.8) is 0 Å². The molecule has 0 amide bonds. The smallest absolute Gasteiger partial charge is 0.0580 e. The fourth-order valence-electron chi connectivity index (χ4n) is 0.708. The first-order valence-electron chi connectivity index (χ1n) is 2.78. The van der Waals surface area contributed by atoms with Crippen LogP contribution in [-0.4, -0.2) is 5.38 Å². The van der Waals surface area contributed by atoms with Crippen LogP contribution in [-0.2, 0) is 0 Å². The molecule has 0 fully saturated rings. The number of alkyl halides is 1. The van der Waals surface area contributed by atoms with Gasteiger partial charge in [0.1, 0.15) is 0 Å². The number of halogens is 1. The Hall–Kier alpha value is -0.230. The van der Waals surface area contributed by atoms with E-state index in [0.29, 0.717) is 0 Å². The first-order chi connectivity index (χ1) is 3.80. The molecule has 0 bridgehead atoms. The third-order valence-electron chi connectivity index (χ3n) is 1.33. The van der Waals surface area contributed by atoms with Gasteiger partial charge in [-0.1, -0.05) is 23.8 Å². The van der Waals surface area contributed by atoms with Crippen molar-refractivity contribution in [2.24, 2.45) is 0 Å². The normalized spacial score (nSPS) is 27.8. The molecule has 0 nitrogen and oxygen atoms in total. The van der Waals surface area contributed by atoms with Gasteiger partial charge in [-0.25, -0.2) is 0 Å². The minimum Gasteiger partial charge on any atom is -0.118 e. The SMILES string of the molecule is CC1=CC=CCC1Cl. The summed E-state index contributed by atoms with van der Waals surface area (Å²) in [5.74, 6) is 0. The first kappa shape index (κ1) is 5.90. The van der Waals surface area contributed by atoms with E-state index < -0.39 is 0 Å². The van der Waals surface area contributed by atoms with Gasteiger partial charge in [0.2, 0.25) is 0 Å². The Bertz CT molecular complexity index is 133. The highest BCUT2D eigenvalue weighted by atomic mass is 35.5. The highest BCUT2D eigenvalue weighted by molar-refractivity contribution is 6.22. The second-order valence-electron chi connectivity index (χ2n) is 2.04. The third-order valence-corrected chi connectivity index (χ3v) is 1.85. The second-order valence-corrected chi connectivity index (χ2v) is 2.57. The summed E-state index contributed by atoms with van der Waals surface area (Å²) in [4.78, 5) is 0. The largest absolute Gasteiger partial charge is 0.118 e. The van der Waals surface area contributed by atoms with E-state index in [-0.39, 0.29) is 5.38 Å². The lowest BCUT2D eigenvalue weighted by Crippen LogP contribution is -2.00. The van der Waals surface area contributed by atoms with Gasteiger partial charge >= 0.3 is 0 Å². The summed E-state index contributed by atoms with van der Waals surface area (Å²) in [6, 6.07) is 0. The Balaban J connectivity index is 2.66. The van der Waals surface area contributed by atoms with Gasteiger partial charge in [0.05, 0.1) is 5.38 Å². The maximum Gasteiger partial charge on any atom is 0.0580 e. The quantitative estimate of drug-likeness (QED) is 0.440. The van der Waals surface area contributed by atoms with Crippen LogP contribution in [0.5, 0.6) is 0 Å². The van der Waals surface area contributed by atoms with Crippen molar-refractivity contribution in [1.29, 1.82) is 0 Å². The fraction of sp³-hybridized carbons (Fsp3) is 0.429. The lowest BCUT2D eigenvalue weighted by molar-refractivity contribution is 0.970. The number of hydrogen-bond donors (Lipinski definition) is 0. The van der Waals surface area contributed by atoms with Gasteiger partial charge in [-0.2, -0.15) is 0 Å². The summed E-state index contributed by atoms with van der Waals surface area (Å²) in [5.41, 5.74) is 1.27. The van der Waals surface area contributed by atoms with Crippen LogP contribution in [0.3, 0.4) is 0 Å². The van der Waals surface area contributed by atoms with E-state index in [2.05, 4.69) is 19.1 Å². The van der Waals surface area contributed by atoms with Crippen molar-refractivity contribution >= 4 is 11.6 Å². The maximum atomic E-state index is 5.85. The number of hydrogen-bond acceptors (Lipinski definition) is 0. The minimum absolute atomic E-state index is 0.250. The molecule has 0 aromatic carbocycles. The van der Waals surface area contributed by atoms with Crippen LogP contribution in [0.15, 0.2) is 23.8 Å². The summed E-state index contributed by atoms with van der Waals surface area (Å²) in [7, 11) is 0. The molecule has 1 aliphatic carbocycles. The van der Waals surface area contributed by atoms with E-state index in [9.17, 15) is 0 Å². The van der Waals surface area contributed by atoms with Crippen LogP contribution in [0, 0.1) is 0 Å². The second kappa shape index (κ2) is 2.36. The Morgan fingerprint density at radius 2 is 2.50 bits per heavy atom. The first-order valence-corrected chi connectivity index (χ1v) is 3.22. The molecule has 0 heterocycles. The van der Waals surface area contributed by atoms with Crippen molar-refractivity contribution in [2.75, 3.05) is 0 Å². The van der Waals surface area contributed by atoms with Crippen molar-refractivity contribution < 1.29 is 0 Å². The molecule has 1 atom stereocenters. The summed E-state index contributed by atoms with van der Waals surface area (Å²) < 4.78 is 0. The zero-order valence-electron chi connectivity index (χ0n) is 4.89. The molecule has 0 saturated heterocycles. The van der Waals surface area contributed by atoms with Gasteiger partial charge in [0.15, 0.2) is 0 Å². The van der Waals surface area contributed by atoms with E-state index in [1.165, 1.54) is 5.57 Å². The lowest BCUT2D eigenvalue weighted by atomic mass is 10.1. The molecule has 1 heteroatoms. The molecule has 0 N–H and O–H groups in total. The van der Waals surface area contributed by atoms with Gasteiger partial charge < -0.3 is 0 Å². The molecule has 1 rings (SSSR count). The monoisotopic (exact) mass is 128 g/mol. The van der Waals surface area contributed by atoms with Crippen molar-refractivity contribution in [3.05, 3.63) is 23.8 Å². The molecule has 0 aromatic rings. The fourth-order valence-corrected chi connectivity index (χ4v) is 0.884.